The van der Waals surface area contributed by atoms with Gasteiger partial charge in [-0.15, -0.1) is 0 Å². The summed E-state index contributed by atoms with van der Waals surface area (Å²) in [6, 6.07) is 7.07. The van der Waals surface area contributed by atoms with Crippen LogP contribution in [0.1, 0.15) is 10.4 Å². The molecule has 0 spiro atoms. The Kier molecular flexibility index (Phi) is 6.21. The summed E-state index contributed by atoms with van der Waals surface area (Å²) < 4.78 is 50.7. The molecule has 2 atom stereocenters. The van der Waals surface area contributed by atoms with Gasteiger partial charge in [-0.05, 0) is 36.4 Å². The first-order valence-corrected chi connectivity index (χ1v) is 12.4. The van der Waals surface area contributed by atoms with E-state index < -0.39 is 48.4 Å². The third-order valence-electron chi connectivity index (χ3n) is 4.35. The van der Waals surface area contributed by atoms with Crippen LogP contribution in [0.15, 0.2) is 41.3 Å². The summed E-state index contributed by atoms with van der Waals surface area (Å²) in [6.07, 6.45) is -1.04. The molecule has 162 valence electrons. The standard InChI is InChI=1S/C17H16Cl2N2O7S2/c18-12-6-13(19)16(5-11(12)17(23)24)30(27,28)21-10-3-1-9(2-4-10)20-14-7-29(25,26)8-15(14)22/h1-6,14-15,20-22H,7-8H2,(H,23,24). The average Bonchev–Trinajstić information content (AvgIpc) is 2.87. The number of hydrogen-bond donors (Lipinski definition) is 4. The van der Waals surface area contributed by atoms with Gasteiger partial charge in [0, 0.05) is 11.4 Å². The number of carboxylic acids is 1. The molecule has 0 bridgehead atoms. The van der Waals surface area contributed by atoms with E-state index in [2.05, 4.69) is 10.0 Å². The van der Waals surface area contributed by atoms with E-state index in [9.17, 15) is 26.7 Å². The van der Waals surface area contributed by atoms with Gasteiger partial charge in [-0.3, -0.25) is 4.72 Å². The van der Waals surface area contributed by atoms with Gasteiger partial charge >= 0.3 is 5.97 Å². The highest BCUT2D eigenvalue weighted by atomic mass is 35.5. The van der Waals surface area contributed by atoms with E-state index in [-0.39, 0.29) is 27.2 Å². The van der Waals surface area contributed by atoms with Gasteiger partial charge < -0.3 is 15.5 Å². The number of anilines is 2. The summed E-state index contributed by atoms with van der Waals surface area (Å²) in [5.41, 5.74) is 0.228. The molecule has 2 aromatic carbocycles. The normalized spacial score (nSPS) is 20.6. The number of benzene rings is 2. The number of halogens is 2. The molecule has 13 heteroatoms. The minimum absolute atomic E-state index is 0.156. The van der Waals surface area contributed by atoms with Crippen LogP contribution in [0.5, 0.6) is 0 Å². The lowest BCUT2D eigenvalue weighted by Crippen LogP contribution is -2.31. The summed E-state index contributed by atoms with van der Waals surface area (Å²) in [4.78, 5) is 10.8. The van der Waals surface area contributed by atoms with E-state index >= 15 is 0 Å². The number of sulfone groups is 1. The molecule has 9 nitrogen and oxygen atoms in total. The predicted octanol–water partition coefficient (Wildman–Crippen LogP) is 2.06. The van der Waals surface area contributed by atoms with E-state index in [1.165, 1.54) is 24.3 Å². The lowest BCUT2D eigenvalue weighted by molar-refractivity contribution is 0.0696. The number of aliphatic hydroxyl groups is 1. The first kappa shape index (κ1) is 22.6. The molecule has 0 radical (unpaired) electrons. The smallest absolute Gasteiger partial charge is 0.337 e. The zero-order valence-electron chi connectivity index (χ0n) is 15.0. The molecule has 30 heavy (non-hydrogen) atoms. The Balaban J connectivity index is 1.78. The van der Waals surface area contributed by atoms with Gasteiger partial charge in [0.25, 0.3) is 10.0 Å². The van der Waals surface area contributed by atoms with Gasteiger partial charge in [0.05, 0.1) is 39.3 Å². The van der Waals surface area contributed by atoms with Crippen molar-refractivity contribution in [2.24, 2.45) is 0 Å². The second-order valence-corrected chi connectivity index (χ2v) is 11.3. The van der Waals surface area contributed by atoms with Crippen LogP contribution < -0.4 is 10.0 Å². The molecule has 3 rings (SSSR count). The Labute approximate surface area is 182 Å². The third kappa shape index (κ3) is 4.98. The fraction of sp³-hybridized carbons (Fsp3) is 0.235. The highest BCUT2D eigenvalue weighted by Gasteiger charge is 2.36. The van der Waals surface area contributed by atoms with Crippen LogP contribution in [-0.4, -0.2) is 56.7 Å². The second-order valence-electron chi connectivity index (χ2n) is 6.65. The predicted molar refractivity (Wildman–Crippen MR) is 113 cm³/mol. The maximum absolute atomic E-state index is 12.6. The quantitative estimate of drug-likeness (QED) is 0.476. The molecule has 2 aromatic rings. The topological polar surface area (TPSA) is 150 Å². The highest BCUT2D eigenvalue weighted by Crippen LogP contribution is 2.30. The molecule has 1 saturated heterocycles. The minimum atomic E-state index is -4.22. The fourth-order valence-corrected chi connectivity index (χ4v) is 6.58. The van der Waals surface area contributed by atoms with Gasteiger partial charge in [0.2, 0.25) is 0 Å². The summed E-state index contributed by atoms with van der Waals surface area (Å²) in [7, 11) is -7.53. The van der Waals surface area contributed by atoms with Crippen molar-refractivity contribution in [2.45, 2.75) is 17.0 Å². The Morgan fingerprint density at radius 3 is 2.17 bits per heavy atom. The Hall–Kier alpha value is -2.05. The maximum Gasteiger partial charge on any atom is 0.337 e. The Morgan fingerprint density at radius 2 is 1.63 bits per heavy atom. The summed E-state index contributed by atoms with van der Waals surface area (Å²) >= 11 is 11.7. The van der Waals surface area contributed by atoms with Gasteiger partial charge in [-0.2, -0.15) is 0 Å². The molecular formula is C17H16Cl2N2O7S2. The van der Waals surface area contributed by atoms with Crippen LogP contribution in [-0.2, 0) is 19.9 Å². The third-order valence-corrected chi connectivity index (χ3v) is 8.23. The minimum Gasteiger partial charge on any atom is -0.478 e. The zero-order chi connectivity index (χ0) is 22.3. The first-order valence-electron chi connectivity index (χ1n) is 8.38. The van der Waals surface area contributed by atoms with E-state index in [1.54, 1.807) is 0 Å². The lowest BCUT2D eigenvalue weighted by Gasteiger charge is -2.17. The van der Waals surface area contributed by atoms with Gasteiger partial charge in [0.1, 0.15) is 4.90 Å². The van der Waals surface area contributed by atoms with Crippen molar-refractivity contribution in [1.29, 1.82) is 0 Å². The molecule has 0 aliphatic carbocycles. The first-order chi connectivity index (χ1) is 13.9. The number of aromatic carboxylic acids is 1. The highest BCUT2D eigenvalue weighted by molar-refractivity contribution is 7.93. The molecule has 1 fully saturated rings. The average molecular weight is 495 g/mol. The number of nitrogens with one attached hydrogen (secondary N) is 2. The molecule has 1 aliphatic rings. The largest absolute Gasteiger partial charge is 0.478 e. The van der Waals surface area contributed by atoms with Gasteiger partial charge in [-0.1, -0.05) is 23.2 Å². The molecular weight excluding hydrogens is 479 g/mol. The van der Waals surface area contributed by atoms with E-state index in [4.69, 9.17) is 28.3 Å². The van der Waals surface area contributed by atoms with E-state index in [1.807, 2.05) is 0 Å². The second kappa shape index (κ2) is 8.23. The van der Waals surface area contributed by atoms with Crippen molar-refractivity contribution >= 4 is 60.4 Å². The van der Waals surface area contributed by atoms with Crippen LogP contribution >= 0.6 is 23.2 Å². The van der Waals surface area contributed by atoms with Crippen molar-refractivity contribution in [3.63, 3.8) is 0 Å². The van der Waals surface area contributed by atoms with Crippen molar-refractivity contribution in [3.8, 4) is 0 Å². The van der Waals surface area contributed by atoms with Crippen LogP contribution in [0.2, 0.25) is 10.0 Å². The Bertz CT molecular complexity index is 1200. The molecule has 2 unspecified atom stereocenters. The van der Waals surface area contributed by atoms with Gasteiger partial charge in [-0.25, -0.2) is 21.6 Å². The van der Waals surface area contributed by atoms with E-state index in [0.29, 0.717) is 5.69 Å². The number of carboxylic acid groups (broad SMARTS) is 1. The number of sulfonamides is 1. The molecule has 1 heterocycles. The van der Waals surface area contributed by atoms with Crippen molar-refractivity contribution < 1.29 is 31.8 Å². The van der Waals surface area contributed by atoms with Crippen LogP contribution in [0.4, 0.5) is 11.4 Å². The van der Waals surface area contributed by atoms with Crippen LogP contribution in [0.3, 0.4) is 0 Å². The summed E-state index contributed by atoms with van der Waals surface area (Å²) in [5, 5.41) is 21.4. The number of rotatable bonds is 6. The van der Waals surface area contributed by atoms with Crippen LogP contribution in [0, 0.1) is 0 Å². The maximum atomic E-state index is 12.6. The van der Waals surface area contributed by atoms with Gasteiger partial charge in [0.15, 0.2) is 9.84 Å². The molecule has 0 saturated carbocycles. The molecule has 4 N–H and O–H groups in total. The monoisotopic (exact) mass is 494 g/mol. The zero-order valence-corrected chi connectivity index (χ0v) is 18.2. The summed E-state index contributed by atoms with van der Waals surface area (Å²) in [5.74, 6) is -1.92. The SMILES string of the molecule is O=C(O)c1cc(S(=O)(=O)Nc2ccc(NC3CS(=O)(=O)CC3O)cc2)c(Cl)cc1Cl. The van der Waals surface area contributed by atoms with Crippen molar-refractivity contribution in [2.75, 3.05) is 21.5 Å². The number of aliphatic hydroxyl groups excluding tert-OH is 1. The molecule has 0 amide bonds. The molecule has 0 aromatic heterocycles. The lowest BCUT2D eigenvalue weighted by atomic mass is 10.2. The van der Waals surface area contributed by atoms with E-state index in [0.717, 1.165) is 12.1 Å². The number of carbonyl (C=O) groups is 1. The summed E-state index contributed by atoms with van der Waals surface area (Å²) in [6.45, 7) is 0. The molecule has 1 aliphatic heterocycles. The fourth-order valence-electron chi connectivity index (χ4n) is 2.92. The van der Waals surface area contributed by atoms with Crippen molar-refractivity contribution in [3.05, 3.63) is 52.0 Å². The number of hydrogen-bond acceptors (Lipinski definition) is 7. The van der Waals surface area contributed by atoms with Crippen molar-refractivity contribution in [1.82, 2.24) is 0 Å². The Morgan fingerprint density at radius 1 is 1.03 bits per heavy atom. The van der Waals surface area contributed by atoms with Crippen LogP contribution in [0.25, 0.3) is 0 Å².